The van der Waals surface area contributed by atoms with Crippen LogP contribution >= 0.6 is 0 Å². The van der Waals surface area contributed by atoms with Gasteiger partial charge in [0.15, 0.2) is 0 Å². The molecule has 1 aliphatic heterocycles. The molecule has 0 aliphatic carbocycles. The molecule has 1 aromatic rings. The molecular formula is C12H22N3O3S+. The normalized spacial score (nSPS) is 21.1. The fourth-order valence-electron chi connectivity index (χ4n) is 2.56. The van der Waals surface area contributed by atoms with Crippen molar-refractivity contribution in [3.63, 3.8) is 0 Å². The number of imidazole rings is 1. The number of aryl methyl sites for hydroxylation is 1. The van der Waals surface area contributed by atoms with Gasteiger partial charge in [0, 0.05) is 6.54 Å². The lowest BCUT2D eigenvalue weighted by molar-refractivity contribution is -0.699. The van der Waals surface area contributed by atoms with E-state index in [1.165, 1.54) is 4.31 Å². The minimum absolute atomic E-state index is 0.137. The van der Waals surface area contributed by atoms with Crippen LogP contribution in [0.3, 0.4) is 0 Å². The summed E-state index contributed by atoms with van der Waals surface area (Å²) in [5.74, 6) is 0. The summed E-state index contributed by atoms with van der Waals surface area (Å²) in [5.41, 5.74) is 0. The van der Waals surface area contributed by atoms with Gasteiger partial charge in [-0.15, -0.1) is 0 Å². The van der Waals surface area contributed by atoms with Crippen molar-refractivity contribution in [1.82, 2.24) is 8.87 Å². The van der Waals surface area contributed by atoms with Crippen LogP contribution in [0.1, 0.15) is 32.6 Å². The van der Waals surface area contributed by atoms with E-state index in [-0.39, 0.29) is 6.04 Å². The molecule has 1 saturated heterocycles. The summed E-state index contributed by atoms with van der Waals surface area (Å²) in [5, 5.41) is 0. The van der Waals surface area contributed by atoms with Crippen molar-refractivity contribution in [3.8, 4) is 0 Å². The van der Waals surface area contributed by atoms with Crippen molar-refractivity contribution in [3.05, 3.63) is 18.7 Å². The third kappa shape index (κ3) is 3.77. The highest BCUT2D eigenvalue weighted by Gasteiger charge is 2.34. The standard InChI is InChI=1S/C12H21N3O3S/c1-2-3-6-13-8-9-14(11-13)10-12-5-4-7-15(12)19(16,17)18/h8-9,11-12H,2-7,10H2,1H3/p+1/t12-/m0/s1. The first kappa shape index (κ1) is 14.5. The third-order valence-corrected chi connectivity index (χ3v) is 4.63. The van der Waals surface area contributed by atoms with Crippen LogP contribution in [0, 0.1) is 0 Å². The lowest BCUT2D eigenvalue weighted by Crippen LogP contribution is -2.45. The quantitative estimate of drug-likeness (QED) is 0.623. The van der Waals surface area contributed by atoms with Crippen LogP contribution in [0.5, 0.6) is 0 Å². The largest absolute Gasteiger partial charge is 0.336 e. The summed E-state index contributed by atoms with van der Waals surface area (Å²) < 4.78 is 37.0. The van der Waals surface area contributed by atoms with E-state index in [4.69, 9.17) is 0 Å². The molecule has 0 bridgehead atoms. The number of hydrogen-bond donors (Lipinski definition) is 1. The Balaban J connectivity index is 1.98. The van der Waals surface area contributed by atoms with Crippen LogP contribution in [-0.4, -0.2) is 34.4 Å². The Hall–Kier alpha value is -0.920. The van der Waals surface area contributed by atoms with Crippen molar-refractivity contribution in [2.75, 3.05) is 6.54 Å². The fourth-order valence-corrected chi connectivity index (χ4v) is 3.47. The van der Waals surface area contributed by atoms with Crippen molar-refractivity contribution in [2.24, 2.45) is 0 Å². The molecule has 7 heteroatoms. The third-order valence-electron chi connectivity index (χ3n) is 3.56. The van der Waals surface area contributed by atoms with Crippen molar-refractivity contribution >= 4 is 10.3 Å². The number of nitrogens with zero attached hydrogens (tertiary/aromatic N) is 3. The average Bonchev–Trinajstić information content (AvgIpc) is 2.95. The van der Waals surface area contributed by atoms with Crippen LogP contribution in [-0.2, 0) is 23.4 Å². The molecule has 0 amide bonds. The second-order valence-electron chi connectivity index (χ2n) is 5.09. The number of aromatic nitrogens is 2. The lowest BCUT2D eigenvalue weighted by atomic mass is 10.2. The summed E-state index contributed by atoms with van der Waals surface area (Å²) in [7, 11) is -4.07. The van der Waals surface area contributed by atoms with Gasteiger partial charge >= 0.3 is 10.3 Å². The summed E-state index contributed by atoms with van der Waals surface area (Å²) in [4.78, 5) is 0. The molecule has 1 aromatic heterocycles. The van der Waals surface area contributed by atoms with Crippen LogP contribution < -0.4 is 4.57 Å². The zero-order valence-corrected chi connectivity index (χ0v) is 12.1. The van der Waals surface area contributed by atoms with Gasteiger partial charge in [-0.2, -0.15) is 12.7 Å². The highest BCUT2D eigenvalue weighted by Crippen LogP contribution is 2.20. The second-order valence-corrected chi connectivity index (χ2v) is 6.45. The van der Waals surface area contributed by atoms with Crippen LogP contribution in [0.15, 0.2) is 18.7 Å². The van der Waals surface area contributed by atoms with Crippen molar-refractivity contribution in [1.29, 1.82) is 0 Å². The monoisotopic (exact) mass is 288 g/mol. The van der Waals surface area contributed by atoms with Gasteiger partial charge in [0.25, 0.3) is 0 Å². The molecule has 19 heavy (non-hydrogen) atoms. The predicted molar refractivity (Wildman–Crippen MR) is 70.8 cm³/mol. The molecule has 1 N–H and O–H groups in total. The SMILES string of the molecule is CCCCn1cc[n+](C[C@@H]2CCCN2S(=O)(=O)O)c1. The van der Waals surface area contributed by atoms with Gasteiger partial charge in [0.2, 0.25) is 6.33 Å². The Kier molecular flexibility index (Phi) is 4.59. The van der Waals surface area contributed by atoms with Gasteiger partial charge in [0.1, 0.15) is 18.9 Å². The molecule has 1 fully saturated rings. The fraction of sp³-hybridized carbons (Fsp3) is 0.750. The number of hydrogen-bond acceptors (Lipinski definition) is 2. The van der Waals surface area contributed by atoms with E-state index in [2.05, 4.69) is 11.5 Å². The van der Waals surface area contributed by atoms with Gasteiger partial charge in [-0.05, 0) is 19.3 Å². The smallest absolute Gasteiger partial charge is 0.273 e. The first-order chi connectivity index (χ1) is 9.00. The van der Waals surface area contributed by atoms with Gasteiger partial charge in [-0.25, -0.2) is 9.13 Å². The Morgan fingerprint density at radius 3 is 2.95 bits per heavy atom. The molecule has 0 unspecified atom stereocenters. The molecular weight excluding hydrogens is 266 g/mol. The number of unbranched alkanes of at least 4 members (excludes halogenated alkanes) is 1. The molecule has 2 rings (SSSR count). The summed E-state index contributed by atoms with van der Waals surface area (Å²) in [6.45, 7) is 4.15. The summed E-state index contributed by atoms with van der Waals surface area (Å²) in [6.07, 6.45) is 9.84. The average molecular weight is 288 g/mol. The van der Waals surface area contributed by atoms with Gasteiger partial charge in [-0.3, -0.25) is 4.55 Å². The summed E-state index contributed by atoms with van der Waals surface area (Å²) >= 11 is 0. The van der Waals surface area contributed by atoms with Gasteiger partial charge in [0.05, 0.1) is 12.6 Å². The second kappa shape index (κ2) is 6.02. The molecule has 0 spiro atoms. The molecule has 1 aliphatic rings. The molecule has 0 saturated carbocycles. The van der Waals surface area contributed by atoms with E-state index in [0.29, 0.717) is 13.1 Å². The van der Waals surface area contributed by atoms with E-state index < -0.39 is 10.3 Å². The Labute approximate surface area is 114 Å². The zero-order valence-electron chi connectivity index (χ0n) is 11.3. The van der Waals surface area contributed by atoms with Crippen LogP contribution in [0.25, 0.3) is 0 Å². The number of rotatable bonds is 6. The molecule has 2 heterocycles. The van der Waals surface area contributed by atoms with Crippen LogP contribution in [0.4, 0.5) is 0 Å². The van der Waals surface area contributed by atoms with E-state index in [0.717, 1.165) is 32.2 Å². The molecule has 108 valence electrons. The van der Waals surface area contributed by atoms with Gasteiger partial charge in [-0.1, -0.05) is 13.3 Å². The van der Waals surface area contributed by atoms with E-state index in [1.807, 2.05) is 23.3 Å². The maximum atomic E-state index is 11.2. The Bertz CT molecular complexity index is 512. The lowest BCUT2D eigenvalue weighted by Gasteiger charge is -2.18. The minimum atomic E-state index is -4.07. The molecule has 0 radical (unpaired) electrons. The van der Waals surface area contributed by atoms with Gasteiger partial charge < -0.3 is 0 Å². The topological polar surface area (TPSA) is 66.4 Å². The molecule has 1 atom stereocenters. The zero-order chi connectivity index (χ0) is 13.9. The van der Waals surface area contributed by atoms with Crippen molar-refractivity contribution < 1.29 is 17.5 Å². The predicted octanol–water partition coefficient (Wildman–Crippen LogP) is 0.843. The highest BCUT2D eigenvalue weighted by atomic mass is 32.2. The molecule has 6 nitrogen and oxygen atoms in total. The maximum Gasteiger partial charge on any atom is 0.336 e. The Morgan fingerprint density at radius 1 is 1.47 bits per heavy atom. The summed E-state index contributed by atoms with van der Waals surface area (Å²) in [6, 6.07) is -0.137. The Morgan fingerprint density at radius 2 is 2.26 bits per heavy atom. The highest BCUT2D eigenvalue weighted by molar-refractivity contribution is 7.83. The first-order valence-corrected chi connectivity index (χ1v) is 8.19. The molecule has 0 aromatic carbocycles. The van der Waals surface area contributed by atoms with E-state index >= 15 is 0 Å². The van der Waals surface area contributed by atoms with Crippen molar-refractivity contribution in [2.45, 2.75) is 51.7 Å². The van der Waals surface area contributed by atoms with E-state index in [9.17, 15) is 13.0 Å². The van der Waals surface area contributed by atoms with Crippen LogP contribution in [0.2, 0.25) is 0 Å². The maximum absolute atomic E-state index is 11.2. The first-order valence-electron chi connectivity index (χ1n) is 6.80. The minimum Gasteiger partial charge on any atom is -0.273 e. The van der Waals surface area contributed by atoms with E-state index in [1.54, 1.807) is 0 Å².